The summed E-state index contributed by atoms with van der Waals surface area (Å²) in [6, 6.07) is 7.45. The standard InChI is InChI=1S/C10H12N2O.C6H12O2/c11-8-6-5-7-3-1-2-4-9(7)12-10(8)13;1-5(7)8-6(2,3)4/h1-4,8H,5-6,11H2,(H,12,13);1-4H3. The van der Waals surface area contributed by atoms with Crippen molar-refractivity contribution in [3.05, 3.63) is 29.8 Å². The van der Waals surface area contributed by atoms with Crippen molar-refractivity contribution in [1.29, 1.82) is 0 Å². The topological polar surface area (TPSA) is 81.4 Å². The third-order valence-electron chi connectivity index (χ3n) is 2.79. The van der Waals surface area contributed by atoms with Crippen molar-refractivity contribution in [1.82, 2.24) is 0 Å². The Kier molecular flexibility index (Phi) is 5.90. The van der Waals surface area contributed by atoms with Crippen LogP contribution in [0.25, 0.3) is 0 Å². The van der Waals surface area contributed by atoms with Gasteiger partial charge in [-0.1, -0.05) is 18.2 Å². The summed E-state index contributed by atoms with van der Waals surface area (Å²) in [6.07, 6.45) is 1.60. The number of carbonyl (C=O) groups excluding carboxylic acids is 2. The van der Waals surface area contributed by atoms with Gasteiger partial charge in [0.05, 0.1) is 6.04 Å². The summed E-state index contributed by atoms with van der Waals surface area (Å²) in [4.78, 5) is 21.6. The lowest BCUT2D eigenvalue weighted by Gasteiger charge is -2.17. The number of aryl methyl sites for hydroxylation is 1. The third kappa shape index (κ3) is 6.40. The van der Waals surface area contributed by atoms with Gasteiger partial charge < -0.3 is 15.8 Å². The molecule has 5 nitrogen and oxygen atoms in total. The number of para-hydroxylation sites is 1. The average Bonchev–Trinajstić information content (AvgIpc) is 2.48. The Hall–Kier alpha value is -1.88. The predicted octanol–water partition coefficient (Wildman–Crippen LogP) is 2.25. The molecule has 0 radical (unpaired) electrons. The molecule has 0 aromatic heterocycles. The highest BCUT2D eigenvalue weighted by atomic mass is 16.6. The highest BCUT2D eigenvalue weighted by Crippen LogP contribution is 2.20. The Morgan fingerprint density at radius 3 is 2.48 bits per heavy atom. The Balaban J connectivity index is 0.000000240. The summed E-state index contributed by atoms with van der Waals surface area (Å²) in [5, 5.41) is 2.81. The molecule has 3 N–H and O–H groups in total. The van der Waals surface area contributed by atoms with Crippen LogP contribution in [-0.4, -0.2) is 23.5 Å². The van der Waals surface area contributed by atoms with Crippen LogP contribution in [0.15, 0.2) is 24.3 Å². The quantitative estimate of drug-likeness (QED) is 0.719. The predicted molar refractivity (Wildman–Crippen MR) is 82.9 cm³/mol. The highest BCUT2D eigenvalue weighted by Gasteiger charge is 2.19. The second-order valence-corrected chi connectivity index (χ2v) is 6.00. The van der Waals surface area contributed by atoms with Crippen molar-refractivity contribution in [2.75, 3.05) is 5.32 Å². The number of carbonyl (C=O) groups is 2. The fourth-order valence-corrected chi connectivity index (χ4v) is 1.96. The number of esters is 1. The summed E-state index contributed by atoms with van der Waals surface area (Å²) >= 11 is 0. The molecule has 1 amide bonds. The number of anilines is 1. The van der Waals surface area contributed by atoms with Crippen molar-refractivity contribution in [2.45, 2.75) is 52.2 Å². The Morgan fingerprint density at radius 1 is 1.33 bits per heavy atom. The molecule has 1 unspecified atom stereocenters. The molecule has 0 aliphatic carbocycles. The van der Waals surface area contributed by atoms with Crippen LogP contribution in [0.1, 0.15) is 39.7 Å². The first kappa shape index (κ1) is 17.2. The van der Waals surface area contributed by atoms with E-state index < -0.39 is 0 Å². The van der Waals surface area contributed by atoms with Crippen LogP contribution in [0.3, 0.4) is 0 Å². The van der Waals surface area contributed by atoms with Crippen LogP contribution >= 0.6 is 0 Å². The first-order valence-corrected chi connectivity index (χ1v) is 7.03. The molecule has 0 spiro atoms. The molecule has 1 aromatic rings. The van der Waals surface area contributed by atoms with Gasteiger partial charge >= 0.3 is 5.97 Å². The smallest absolute Gasteiger partial charge is 0.303 e. The number of nitrogens with two attached hydrogens (primary N) is 1. The van der Waals surface area contributed by atoms with Gasteiger partial charge in [0, 0.05) is 12.6 Å². The lowest BCUT2D eigenvalue weighted by atomic mass is 10.1. The molecule has 2 rings (SSSR count). The van der Waals surface area contributed by atoms with Crippen LogP contribution in [0.4, 0.5) is 5.69 Å². The van der Waals surface area contributed by atoms with Crippen molar-refractivity contribution in [3.63, 3.8) is 0 Å². The van der Waals surface area contributed by atoms with Gasteiger partial charge in [-0.25, -0.2) is 0 Å². The van der Waals surface area contributed by atoms with Crippen LogP contribution in [-0.2, 0) is 20.7 Å². The molecule has 1 aromatic carbocycles. The third-order valence-corrected chi connectivity index (χ3v) is 2.79. The zero-order chi connectivity index (χ0) is 16.0. The summed E-state index contributed by atoms with van der Waals surface area (Å²) in [6.45, 7) is 6.93. The molecule has 1 aliphatic heterocycles. The largest absolute Gasteiger partial charge is 0.460 e. The van der Waals surface area contributed by atoms with Crippen LogP contribution < -0.4 is 11.1 Å². The van der Waals surface area contributed by atoms with E-state index in [1.807, 2.05) is 45.0 Å². The molecule has 21 heavy (non-hydrogen) atoms. The van der Waals surface area contributed by atoms with E-state index in [-0.39, 0.29) is 23.5 Å². The summed E-state index contributed by atoms with van der Waals surface area (Å²) in [5.41, 5.74) is 7.39. The summed E-state index contributed by atoms with van der Waals surface area (Å²) in [5.74, 6) is -0.303. The monoisotopic (exact) mass is 292 g/mol. The van der Waals surface area contributed by atoms with E-state index in [1.165, 1.54) is 12.5 Å². The number of hydrogen-bond donors (Lipinski definition) is 2. The zero-order valence-corrected chi connectivity index (χ0v) is 13.1. The maximum atomic E-state index is 11.3. The average molecular weight is 292 g/mol. The number of fused-ring (bicyclic) bond motifs is 1. The maximum Gasteiger partial charge on any atom is 0.303 e. The van der Waals surface area contributed by atoms with Gasteiger partial charge in [-0.3, -0.25) is 9.59 Å². The fourth-order valence-electron chi connectivity index (χ4n) is 1.96. The van der Waals surface area contributed by atoms with Crippen LogP contribution in [0.5, 0.6) is 0 Å². The molecule has 0 bridgehead atoms. The normalized spacial score (nSPS) is 17.6. The first-order chi connectivity index (χ1) is 9.69. The first-order valence-electron chi connectivity index (χ1n) is 7.03. The molecule has 116 valence electrons. The lowest BCUT2D eigenvalue weighted by molar-refractivity contribution is -0.151. The molecular formula is C16H24N2O3. The second kappa shape index (κ2) is 7.22. The van der Waals surface area contributed by atoms with Crippen molar-refractivity contribution >= 4 is 17.6 Å². The minimum absolute atomic E-state index is 0.0787. The number of benzene rings is 1. The molecule has 0 saturated carbocycles. The number of nitrogens with one attached hydrogen (secondary N) is 1. The van der Waals surface area contributed by atoms with E-state index in [2.05, 4.69) is 5.32 Å². The van der Waals surface area contributed by atoms with E-state index >= 15 is 0 Å². The van der Waals surface area contributed by atoms with Crippen LogP contribution in [0.2, 0.25) is 0 Å². The SMILES string of the molecule is CC(=O)OC(C)(C)C.NC1CCc2ccccc2NC1=O. The number of hydrogen-bond acceptors (Lipinski definition) is 4. The molecular weight excluding hydrogens is 268 g/mol. The molecule has 5 heteroatoms. The Bertz CT molecular complexity index is 506. The summed E-state index contributed by atoms with van der Waals surface area (Å²) in [7, 11) is 0. The highest BCUT2D eigenvalue weighted by molar-refractivity contribution is 5.96. The van der Waals surface area contributed by atoms with Gasteiger partial charge in [0.25, 0.3) is 0 Å². The van der Waals surface area contributed by atoms with Crippen molar-refractivity contribution in [3.8, 4) is 0 Å². The molecule has 0 fully saturated rings. The number of amides is 1. The Morgan fingerprint density at radius 2 is 1.95 bits per heavy atom. The van der Waals surface area contributed by atoms with E-state index in [9.17, 15) is 9.59 Å². The van der Waals surface area contributed by atoms with Gasteiger partial charge in [-0.15, -0.1) is 0 Å². The fraction of sp³-hybridized carbons (Fsp3) is 0.500. The van der Waals surface area contributed by atoms with Gasteiger partial charge in [0.2, 0.25) is 5.91 Å². The lowest BCUT2D eigenvalue weighted by Crippen LogP contribution is -2.34. The van der Waals surface area contributed by atoms with E-state index in [0.29, 0.717) is 0 Å². The van der Waals surface area contributed by atoms with E-state index in [1.54, 1.807) is 0 Å². The molecule has 1 aliphatic rings. The Labute approximate surface area is 125 Å². The molecule has 1 heterocycles. The van der Waals surface area contributed by atoms with Gasteiger partial charge in [0.15, 0.2) is 0 Å². The van der Waals surface area contributed by atoms with Gasteiger partial charge in [-0.2, -0.15) is 0 Å². The van der Waals surface area contributed by atoms with E-state index in [4.69, 9.17) is 10.5 Å². The second-order valence-electron chi connectivity index (χ2n) is 6.00. The van der Waals surface area contributed by atoms with Crippen LogP contribution in [0, 0.1) is 0 Å². The maximum absolute atomic E-state index is 11.3. The van der Waals surface area contributed by atoms with Gasteiger partial charge in [-0.05, 0) is 45.2 Å². The van der Waals surface area contributed by atoms with Crippen molar-refractivity contribution in [2.24, 2.45) is 5.73 Å². The molecule has 1 atom stereocenters. The van der Waals surface area contributed by atoms with Gasteiger partial charge in [0.1, 0.15) is 5.60 Å². The van der Waals surface area contributed by atoms with E-state index in [0.717, 1.165) is 18.5 Å². The minimum Gasteiger partial charge on any atom is -0.460 e. The molecule has 0 saturated heterocycles. The number of ether oxygens (including phenoxy) is 1. The minimum atomic E-state index is -0.368. The van der Waals surface area contributed by atoms with Crippen molar-refractivity contribution < 1.29 is 14.3 Å². The zero-order valence-electron chi connectivity index (χ0n) is 13.1. The number of rotatable bonds is 0. The summed E-state index contributed by atoms with van der Waals surface area (Å²) < 4.78 is 4.80.